The first-order valence-corrected chi connectivity index (χ1v) is 8.75. The van der Waals surface area contributed by atoms with Crippen molar-refractivity contribution in [2.45, 2.75) is 6.92 Å². The van der Waals surface area contributed by atoms with Gasteiger partial charge < -0.3 is 14.2 Å². The van der Waals surface area contributed by atoms with Gasteiger partial charge in [0.25, 0.3) is 5.91 Å². The first-order valence-electron chi connectivity index (χ1n) is 8.75. The van der Waals surface area contributed by atoms with Crippen molar-refractivity contribution < 1.29 is 14.0 Å². The maximum Gasteiger partial charge on any atom is 0.289 e. The third kappa shape index (κ3) is 3.08. The van der Waals surface area contributed by atoms with E-state index in [2.05, 4.69) is 4.90 Å². The van der Waals surface area contributed by atoms with Gasteiger partial charge in [0.2, 0.25) is 0 Å². The van der Waals surface area contributed by atoms with Crippen LogP contribution in [0.2, 0.25) is 0 Å². The molecule has 0 N–H and O–H groups in total. The Kier molecular flexibility index (Phi) is 4.21. The number of nitrogens with zero attached hydrogens (tertiary/aromatic N) is 2. The summed E-state index contributed by atoms with van der Waals surface area (Å²) in [6.45, 7) is 4.36. The van der Waals surface area contributed by atoms with Crippen LogP contribution in [-0.4, -0.2) is 42.8 Å². The van der Waals surface area contributed by atoms with Crippen LogP contribution < -0.4 is 4.90 Å². The standard InChI is InChI=1S/C21H20N2O3/c1-15(24)16-6-8-18(9-7-16)22-10-12-23(13-11-22)21(25)20-14-17-4-2-3-5-19(17)26-20/h2-9,14H,10-13H2,1H3. The maximum atomic E-state index is 12.7. The number of Topliss-reactive ketones (excluding diaryl/α,β-unsaturated/α-hetero) is 1. The summed E-state index contributed by atoms with van der Waals surface area (Å²) in [5.41, 5.74) is 2.53. The molecule has 2 aromatic carbocycles. The second-order valence-electron chi connectivity index (χ2n) is 6.53. The van der Waals surface area contributed by atoms with Gasteiger partial charge in [-0.25, -0.2) is 0 Å². The number of fused-ring (bicyclic) bond motifs is 1. The molecule has 1 aromatic heterocycles. The molecular formula is C21H20N2O3. The van der Waals surface area contributed by atoms with Gasteiger partial charge in [-0.15, -0.1) is 0 Å². The fourth-order valence-corrected chi connectivity index (χ4v) is 3.32. The molecule has 0 aliphatic carbocycles. The van der Waals surface area contributed by atoms with Gasteiger partial charge in [0.05, 0.1) is 0 Å². The molecule has 132 valence electrons. The van der Waals surface area contributed by atoms with E-state index in [4.69, 9.17) is 4.42 Å². The number of rotatable bonds is 3. The van der Waals surface area contributed by atoms with E-state index < -0.39 is 0 Å². The number of ketones is 1. The molecule has 1 aliphatic rings. The van der Waals surface area contributed by atoms with Crippen LogP contribution in [0.1, 0.15) is 27.8 Å². The summed E-state index contributed by atoms with van der Waals surface area (Å²) in [6.07, 6.45) is 0. The number of carbonyl (C=O) groups is 2. The summed E-state index contributed by atoms with van der Waals surface area (Å²) in [4.78, 5) is 28.2. The van der Waals surface area contributed by atoms with Crippen LogP contribution in [0, 0.1) is 0 Å². The van der Waals surface area contributed by atoms with E-state index in [-0.39, 0.29) is 11.7 Å². The van der Waals surface area contributed by atoms with Gasteiger partial charge in [0, 0.05) is 42.8 Å². The highest BCUT2D eigenvalue weighted by molar-refractivity contribution is 5.96. The van der Waals surface area contributed by atoms with Crippen molar-refractivity contribution in [2.24, 2.45) is 0 Å². The number of hydrogen-bond donors (Lipinski definition) is 0. The number of amides is 1. The van der Waals surface area contributed by atoms with Crippen LogP contribution in [0.4, 0.5) is 5.69 Å². The third-order valence-electron chi connectivity index (χ3n) is 4.84. The number of furan rings is 1. The molecule has 0 spiro atoms. The number of para-hydroxylation sites is 1. The molecule has 5 heteroatoms. The van der Waals surface area contributed by atoms with Crippen molar-refractivity contribution in [1.82, 2.24) is 4.90 Å². The quantitative estimate of drug-likeness (QED) is 0.679. The van der Waals surface area contributed by atoms with Crippen molar-refractivity contribution in [1.29, 1.82) is 0 Å². The van der Waals surface area contributed by atoms with Gasteiger partial charge in [0.15, 0.2) is 11.5 Å². The van der Waals surface area contributed by atoms with Crippen LogP contribution in [0.5, 0.6) is 0 Å². The summed E-state index contributed by atoms with van der Waals surface area (Å²) in [5, 5.41) is 0.944. The van der Waals surface area contributed by atoms with Crippen LogP contribution in [-0.2, 0) is 0 Å². The van der Waals surface area contributed by atoms with E-state index in [1.54, 1.807) is 6.92 Å². The Bertz CT molecular complexity index is 918. The summed E-state index contributed by atoms with van der Waals surface area (Å²) >= 11 is 0. The normalized spacial score (nSPS) is 14.7. The lowest BCUT2D eigenvalue weighted by Crippen LogP contribution is -2.48. The predicted octanol–water partition coefficient (Wildman–Crippen LogP) is 3.60. The van der Waals surface area contributed by atoms with E-state index in [1.807, 2.05) is 59.5 Å². The van der Waals surface area contributed by atoms with Crippen molar-refractivity contribution in [2.75, 3.05) is 31.1 Å². The molecule has 26 heavy (non-hydrogen) atoms. The average molecular weight is 348 g/mol. The van der Waals surface area contributed by atoms with Gasteiger partial charge in [0.1, 0.15) is 5.58 Å². The molecule has 0 bridgehead atoms. The zero-order chi connectivity index (χ0) is 18.1. The van der Waals surface area contributed by atoms with Crippen LogP contribution in [0.15, 0.2) is 59.0 Å². The molecule has 1 fully saturated rings. The summed E-state index contributed by atoms with van der Waals surface area (Å²) < 4.78 is 5.69. The molecule has 0 saturated carbocycles. The van der Waals surface area contributed by atoms with E-state index in [9.17, 15) is 9.59 Å². The van der Waals surface area contributed by atoms with E-state index >= 15 is 0 Å². The second-order valence-corrected chi connectivity index (χ2v) is 6.53. The Morgan fingerprint density at radius 1 is 0.923 bits per heavy atom. The highest BCUT2D eigenvalue weighted by Crippen LogP contribution is 2.22. The van der Waals surface area contributed by atoms with Gasteiger partial charge >= 0.3 is 0 Å². The highest BCUT2D eigenvalue weighted by Gasteiger charge is 2.24. The fraction of sp³-hybridized carbons (Fsp3) is 0.238. The summed E-state index contributed by atoms with van der Waals surface area (Å²) in [5.74, 6) is 0.399. The predicted molar refractivity (Wildman–Crippen MR) is 101 cm³/mol. The van der Waals surface area contributed by atoms with E-state index in [1.165, 1.54) is 0 Å². The largest absolute Gasteiger partial charge is 0.451 e. The first kappa shape index (κ1) is 16.4. The van der Waals surface area contributed by atoms with Gasteiger partial charge in [-0.3, -0.25) is 9.59 Å². The molecule has 0 atom stereocenters. The number of piperazine rings is 1. The lowest BCUT2D eigenvalue weighted by atomic mass is 10.1. The number of carbonyl (C=O) groups excluding carboxylic acids is 2. The highest BCUT2D eigenvalue weighted by atomic mass is 16.3. The number of hydrogen-bond acceptors (Lipinski definition) is 4. The van der Waals surface area contributed by atoms with Gasteiger partial charge in [-0.1, -0.05) is 18.2 Å². The second kappa shape index (κ2) is 6.67. The minimum atomic E-state index is -0.0622. The van der Waals surface area contributed by atoms with Gasteiger partial charge in [-0.05, 0) is 43.3 Å². The lowest BCUT2D eigenvalue weighted by molar-refractivity contribution is 0.0717. The Hall–Kier alpha value is -3.08. The minimum absolute atomic E-state index is 0.0622. The van der Waals surface area contributed by atoms with Crippen molar-refractivity contribution in [3.63, 3.8) is 0 Å². The number of anilines is 1. The fourth-order valence-electron chi connectivity index (χ4n) is 3.32. The SMILES string of the molecule is CC(=O)c1ccc(N2CCN(C(=O)c3cc4ccccc4o3)CC2)cc1. The Balaban J connectivity index is 1.42. The minimum Gasteiger partial charge on any atom is -0.451 e. The van der Waals surface area contributed by atoms with Crippen LogP contribution in [0.3, 0.4) is 0 Å². The molecule has 0 unspecified atom stereocenters. The molecule has 0 radical (unpaired) electrons. The number of benzene rings is 2. The summed E-state index contributed by atoms with van der Waals surface area (Å²) in [7, 11) is 0. The monoisotopic (exact) mass is 348 g/mol. The molecule has 1 aliphatic heterocycles. The molecule has 1 saturated heterocycles. The van der Waals surface area contributed by atoms with E-state index in [0.717, 1.165) is 29.7 Å². The van der Waals surface area contributed by atoms with Crippen molar-refractivity contribution in [3.05, 3.63) is 65.9 Å². The molecule has 3 aromatic rings. The molecule has 4 rings (SSSR count). The first-order chi connectivity index (χ1) is 12.6. The zero-order valence-corrected chi connectivity index (χ0v) is 14.6. The van der Waals surface area contributed by atoms with Crippen LogP contribution in [0.25, 0.3) is 11.0 Å². The van der Waals surface area contributed by atoms with Gasteiger partial charge in [-0.2, -0.15) is 0 Å². The third-order valence-corrected chi connectivity index (χ3v) is 4.84. The Morgan fingerprint density at radius 3 is 2.27 bits per heavy atom. The lowest BCUT2D eigenvalue weighted by Gasteiger charge is -2.35. The van der Waals surface area contributed by atoms with Crippen LogP contribution >= 0.6 is 0 Å². The molecule has 2 heterocycles. The van der Waals surface area contributed by atoms with E-state index in [0.29, 0.717) is 24.4 Å². The summed E-state index contributed by atoms with van der Waals surface area (Å²) in [6, 6.07) is 17.1. The maximum absolute atomic E-state index is 12.7. The average Bonchev–Trinajstić information content (AvgIpc) is 3.12. The molecular weight excluding hydrogens is 328 g/mol. The Labute approximate surface area is 151 Å². The molecule has 5 nitrogen and oxygen atoms in total. The topological polar surface area (TPSA) is 53.8 Å². The smallest absolute Gasteiger partial charge is 0.289 e. The molecule has 1 amide bonds. The Morgan fingerprint density at radius 2 is 1.62 bits per heavy atom. The zero-order valence-electron chi connectivity index (χ0n) is 14.6. The van der Waals surface area contributed by atoms with Crippen molar-refractivity contribution >= 4 is 28.3 Å². The van der Waals surface area contributed by atoms with Crippen molar-refractivity contribution in [3.8, 4) is 0 Å².